The summed E-state index contributed by atoms with van der Waals surface area (Å²) >= 11 is 0. The predicted molar refractivity (Wildman–Crippen MR) is 95.7 cm³/mol. The number of rotatable bonds is 4. The van der Waals surface area contributed by atoms with Crippen LogP contribution in [-0.2, 0) is 19.4 Å². The molecule has 138 valence electrons. The van der Waals surface area contributed by atoms with Gasteiger partial charge in [-0.3, -0.25) is 4.79 Å². The molecule has 1 aliphatic heterocycles. The number of phenols is 1. The van der Waals surface area contributed by atoms with E-state index in [4.69, 9.17) is 4.74 Å². The van der Waals surface area contributed by atoms with Crippen molar-refractivity contribution in [1.82, 2.24) is 5.32 Å². The fourth-order valence-corrected chi connectivity index (χ4v) is 4.60. The maximum atomic E-state index is 12.3. The molecule has 26 heavy (non-hydrogen) atoms. The Morgan fingerprint density at radius 3 is 2.65 bits per heavy atom. The van der Waals surface area contributed by atoms with E-state index < -0.39 is 33.9 Å². The van der Waals surface area contributed by atoms with Crippen molar-refractivity contribution in [2.75, 3.05) is 11.5 Å². The minimum Gasteiger partial charge on any atom is -0.506 e. The van der Waals surface area contributed by atoms with E-state index in [0.29, 0.717) is 11.8 Å². The Morgan fingerprint density at radius 1 is 1.23 bits per heavy atom. The van der Waals surface area contributed by atoms with Crippen LogP contribution in [0, 0.1) is 0 Å². The van der Waals surface area contributed by atoms with Crippen molar-refractivity contribution < 1.29 is 27.9 Å². The number of nitrogens with one attached hydrogen (secondary N) is 1. The molecule has 0 radical (unpaired) electrons. The third-order valence-corrected chi connectivity index (χ3v) is 6.12. The number of esters is 1. The average molecular weight is 377 g/mol. The second-order valence-corrected chi connectivity index (χ2v) is 8.57. The van der Waals surface area contributed by atoms with Crippen LogP contribution in [0.1, 0.15) is 23.7 Å². The number of benzene rings is 2. The summed E-state index contributed by atoms with van der Waals surface area (Å²) in [6, 6.07) is 9.68. The highest BCUT2D eigenvalue weighted by Crippen LogP contribution is 2.29. The van der Waals surface area contributed by atoms with Crippen LogP contribution in [0.5, 0.6) is 5.75 Å². The van der Waals surface area contributed by atoms with Crippen LogP contribution < -0.4 is 5.32 Å². The second-order valence-electron chi connectivity index (χ2n) is 6.34. The summed E-state index contributed by atoms with van der Waals surface area (Å²) in [5.41, 5.74) is -0.0354. The van der Waals surface area contributed by atoms with E-state index in [-0.39, 0.29) is 22.8 Å². The first-order valence-corrected chi connectivity index (χ1v) is 10.0. The van der Waals surface area contributed by atoms with Crippen molar-refractivity contribution in [3.63, 3.8) is 0 Å². The molecule has 2 aromatic carbocycles. The number of carbonyl (C=O) groups excluding carboxylic acids is 2. The van der Waals surface area contributed by atoms with E-state index >= 15 is 0 Å². The van der Waals surface area contributed by atoms with E-state index in [1.54, 1.807) is 24.3 Å². The number of phenolic OH excluding ortho intramolecular Hbond substituents is 1. The van der Waals surface area contributed by atoms with Gasteiger partial charge >= 0.3 is 5.97 Å². The van der Waals surface area contributed by atoms with Crippen LogP contribution >= 0.6 is 0 Å². The maximum absolute atomic E-state index is 12.3. The van der Waals surface area contributed by atoms with Gasteiger partial charge in [0.25, 0.3) is 5.91 Å². The smallest absolute Gasteiger partial charge is 0.342 e. The normalized spacial score (nSPS) is 19.8. The molecule has 7 nitrogen and oxygen atoms in total. The van der Waals surface area contributed by atoms with Crippen molar-refractivity contribution in [2.24, 2.45) is 0 Å². The zero-order chi connectivity index (χ0) is 18.9. The molecule has 0 unspecified atom stereocenters. The molecule has 1 heterocycles. The molecule has 2 atom stereocenters. The first-order chi connectivity index (χ1) is 12.3. The number of carbonyl (C=O) groups is 2. The Hall–Kier alpha value is -2.61. The monoisotopic (exact) mass is 377 g/mol. The van der Waals surface area contributed by atoms with Crippen molar-refractivity contribution in [3.8, 4) is 5.75 Å². The van der Waals surface area contributed by atoms with Gasteiger partial charge in [-0.2, -0.15) is 0 Å². The molecular formula is C18H19NO6S. The molecule has 0 spiro atoms. The fourth-order valence-electron chi connectivity index (χ4n) is 2.92. The van der Waals surface area contributed by atoms with Crippen LogP contribution in [0.2, 0.25) is 0 Å². The molecule has 0 saturated carbocycles. The van der Waals surface area contributed by atoms with E-state index in [1.807, 2.05) is 6.07 Å². The van der Waals surface area contributed by atoms with Crippen molar-refractivity contribution in [1.29, 1.82) is 0 Å². The molecular weight excluding hydrogens is 358 g/mol. The fraction of sp³-hybridized carbons (Fsp3) is 0.333. The van der Waals surface area contributed by atoms with E-state index in [0.717, 1.165) is 5.39 Å². The number of amides is 1. The van der Waals surface area contributed by atoms with E-state index in [1.165, 1.54) is 13.0 Å². The first-order valence-electron chi connectivity index (χ1n) is 8.19. The minimum atomic E-state index is -3.11. The summed E-state index contributed by atoms with van der Waals surface area (Å²) in [7, 11) is -3.11. The number of ether oxygens (including phenoxy) is 1. The van der Waals surface area contributed by atoms with Crippen LogP contribution in [-0.4, -0.2) is 49.1 Å². The van der Waals surface area contributed by atoms with Crippen molar-refractivity contribution >= 4 is 32.5 Å². The van der Waals surface area contributed by atoms with Gasteiger partial charge in [0.15, 0.2) is 15.9 Å². The molecule has 2 N–H and O–H groups in total. The molecule has 1 aliphatic rings. The Kier molecular flexibility index (Phi) is 4.86. The highest BCUT2D eigenvalue weighted by molar-refractivity contribution is 7.91. The van der Waals surface area contributed by atoms with Gasteiger partial charge in [-0.25, -0.2) is 13.2 Å². The van der Waals surface area contributed by atoms with Crippen molar-refractivity contribution in [3.05, 3.63) is 42.0 Å². The summed E-state index contributed by atoms with van der Waals surface area (Å²) in [4.78, 5) is 24.4. The highest BCUT2D eigenvalue weighted by Gasteiger charge is 2.31. The van der Waals surface area contributed by atoms with Gasteiger partial charge in [0.1, 0.15) is 11.3 Å². The summed E-state index contributed by atoms with van der Waals surface area (Å²) in [6.45, 7) is 1.40. The summed E-state index contributed by atoms with van der Waals surface area (Å²) in [6.07, 6.45) is -0.767. The van der Waals surface area contributed by atoms with Gasteiger partial charge in [-0.05, 0) is 24.8 Å². The standard InChI is InChI=1S/C18H19NO6S/c1-11(17(21)19-13-8-9-26(23,24)10-13)25-18(22)15-7-6-12-4-2-3-5-14(12)16(15)20/h2-7,11,13,20H,8-10H2,1H3,(H,19,21)/t11-,13-/m0/s1. The Balaban J connectivity index is 1.67. The molecule has 1 saturated heterocycles. The summed E-state index contributed by atoms with van der Waals surface area (Å²) in [5, 5.41) is 14.2. The van der Waals surface area contributed by atoms with E-state index in [2.05, 4.69) is 5.32 Å². The average Bonchev–Trinajstić information content (AvgIpc) is 2.93. The SMILES string of the molecule is C[C@H](OC(=O)c1ccc2ccccc2c1O)C(=O)N[C@H]1CCS(=O)(=O)C1. The Morgan fingerprint density at radius 2 is 1.96 bits per heavy atom. The topological polar surface area (TPSA) is 110 Å². The van der Waals surface area contributed by atoms with Gasteiger partial charge in [0, 0.05) is 11.4 Å². The van der Waals surface area contributed by atoms with Crippen LogP contribution in [0.4, 0.5) is 0 Å². The Labute approximate surface area is 150 Å². The minimum absolute atomic E-state index is 0.0354. The maximum Gasteiger partial charge on any atom is 0.342 e. The lowest BCUT2D eigenvalue weighted by Crippen LogP contribution is -2.42. The summed E-state index contributed by atoms with van der Waals surface area (Å²) < 4.78 is 28.0. The van der Waals surface area contributed by atoms with Gasteiger partial charge < -0.3 is 15.2 Å². The van der Waals surface area contributed by atoms with Crippen molar-refractivity contribution in [2.45, 2.75) is 25.5 Å². The van der Waals surface area contributed by atoms with Gasteiger partial charge in [0.2, 0.25) is 0 Å². The Bertz CT molecular complexity index is 969. The molecule has 8 heteroatoms. The zero-order valence-corrected chi connectivity index (χ0v) is 15.0. The summed E-state index contributed by atoms with van der Waals surface area (Å²) in [5.74, 6) is -1.67. The highest BCUT2D eigenvalue weighted by atomic mass is 32.2. The van der Waals surface area contributed by atoms with Gasteiger partial charge in [-0.1, -0.05) is 30.3 Å². The van der Waals surface area contributed by atoms with Crippen LogP contribution in [0.3, 0.4) is 0 Å². The van der Waals surface area contributed by atoms with E-state index in [9.17, 15) is 23.1 Å². The second kappa shape index (κ2) is 6.95. The molecule has 0 aliphatic carbocycles. The number of hydrogen-bond acceptors (Lipinski definition) is 6. The van der Waals surface area contributed by atoms with Gasteiger partial charge in [-0.15, -0.1) is 0 Å². The molecule has 1 fully saturated rings. The van der Waals surface area contributed by atoms with Crippen LogP contribution in [0.25, 0.3) is 10.8 Å². The lowest BCUT2D eigenvalue weighted by Gasteiger charge is -2.17. The third kappa shape index (κ3) is 3.80. The van der Waals surface area contributed by atoms with Crippen LogP contribution in [0.15, 0.2) is 36.4 Å². The third-order valence-electron chi connectivity index (χ3n) is 4.35. The molecule has 0 aromatic heterocycles. The first kappa shape index (κ1) is 18.2. The number of hydrogen-bond donors (Lipinski definition) is 2. The molecule has 3 rings (SSSR count). The molecule has 1 amide bonds. The lowest BCUT2D eigenvalue weighted by atomic mass is 10.1. The lowest BCUT2D eigenvalue weighted by molar-refractivity contribution is -0.129. The largest absolute Gasteiger partial charge is 0.506 e. The number of aromatic hydroxyl groups is 1. The zero-order valence-electron chi connectivity index (χ0n) is 14.1. The molecule has 0 bridgehead atoms. The quantitative estimate of drug-likeness (QED) is 0.780. The predicted octanol–water partition coefficient (Wildman–Crippen LogP) is 1.39. The molecule has 2 aromatic rings. The van der Waals surface area contributed by atoms with Gasteiger partial charge in [0.05, 0.1) is 11.5 Å². The number of fused-ring (bicyclic) bond motifs is 1. The number of sulfone groups is 1.